The van der Waals surface area contributed by atoms with Crippen molar-refractivity contribution in [3.63, 3.8) is 0 Å². The van der Waals surface area contributed by atoms with Crippen molar-refractivity contribution in [1.82, 2.24) is 10.2 Å². The number of amides is 2. The van der Waals surface area contributed by atoms with Gasteiger partial charge >= 0.3 is 12.0 Å². The van der Waals surface area contributed by atoms with Crippen LogP contribution >= 0.6 is 0 Å². The van der Waals surface area contributed by atoms with Gasteiger partial charge in [0, 0.05) is 25.3 Å². The van der Waals surface area contributed by atoms with Crippen molar-refractivity contribution < 1.29 is 19.4 Å². The molecule has 0 bridgehead atoms. The number of hydrogen-bond acceptors (Lipinski definition) is 3. The molecule has 0 fully saturated rings. The van der Waals surface area contributed by atoms with Gasteiger partial charge in [-0.05, 0) is 33.6 Å². The molecule has 0 saturated carbocycles. The van der Waals surface area contributed by atoms with Gasteiger partial charge in [-0.25, -0.2) is 4.79 Å². The van der Waals surface area contributed by atoms with Crippen molar-refractivity contribution in [3.05, 3.63) is 0 Å². The Bertz CT molecular complexity index is 300. The second-order valence-corrected chi connectivity index (χ2v) is 5.70. The van der Waals surface area contributed by atoms with Crippen LogP contribution in [-0.2, 0) is 9.53 Å². The molecule has 0 aliphatic carbocycles. The van der Waals surface area contributed by atoms with Crippen molar-refractivity contribution in [2.24, 2.45) is 0 Å². The highest BCUT2D eigenvalue weighted by Gasteiger charge is 2.27. The summed E-state index contributed by atoms with van der Waals surface area (Å²) in [6, 6.07) is -0.353. The van der Waals surface area contributed by atoms with Crippen LogP contribution in [0.25, 0.3) is 0 Å². The molecule has 0 aromatic heterocycles. The summed E-state index contributed by atoms with van der Waals surface area (Å²) in [7, 11) is 0. The Kier molecular flexibility index (Phi) is 8.96. The number of ether oxygens (including phenoxy) is 1. The first-order valence-corrected chi connectivity index (χ1v) is 7.14. The van der Waals surface area contributed by atoms with E-state index in [2.05, 4.69) is 12.2 Å². The van der Waals surface area contributed by atoms with Crippen molar-refractivity contribution in [2.75, 3.05) is 26.3 Å². The Morgan fingerprint density at radius 1 is 1.20 bits per heavy atom. The van der Waals surface area contributed by atoms with Crippen LogP contribution in [0.15, 0.2) is 0 Å². The predicted molar refractivity (Wildman–Crippen MR) is 77.8 cm³/mol. The lowest BCUT2D eigenvalue weighted by Crippen LogP contribution is -2.52. The molecule has 0 heterocycles. The number of carbonyl (C=O) groups excluding carboxylic acids is 1. The Labute approximate surface area is 121 Å². The van der Waals surface area contributed by atoms with E-state index in [0.717, 1.165) is 25.9 Å². The molecule has 118 valence electrons. The van der Waals surface area contributed by atoms with Gasteiger partial charge in [-0.2, -0.15) is 0 Å². The average Bonchev–Trinajstić information content (AvgIpc) is 2.33. The summed E-state index contributed by atoms with van der Waals surface area (Å²) < 4.78 is 5.39. The number of carboxylic acid groups (broad SMARTS) is 1. The lowest BCUT2D eigenvalue weighted by Gasteiger charge is -2.34. The number of carboxylic acids is 1. The van der Waals surface area contributed by atoms with E-state index < -0.39 is 11.5 Å². The van der Waals surface area contributed by atoms with Gasteiger partial charge in [0.1, 0.15) is 6.54 Å². The fourth-order valence-corrected chi connectivity index (χ4v) is 1.56. The molecule has 0 unspecified atom stereocenters. The van der Waals surface area contributed by atoms with Crippen LogP contribution in [0.4, 0.5) is 4.79 Å². The van der Waals surface area contributed by atoms with Crippen molar-refractivity contribution in [2.45, 2.75) is 52.5 Å². The van der Waals surface area contributed by atoms with E-state index in [0.29, 0.717) is 13.2 Å². The normalized spacial score (nSPS) is 11.2. The fraction of sp³-hybridized carbons (Fsp3) is 0.857. The van der Waals surface area contributed by atoms with Crippen LogP contribution in [0, 0.1) is 0 Å². The third-order valence-corrected chi connectivity index (χ3v) is 2.73. The van der Waals surface area contributed by atoms with Crippen molar-refractivity contribution in [1.29, 1.82) is 0 Å². The van der Waals surface area contributed by atoms with Crippen LogP contribution in [0.3, 0.4) is 0 Å². The van der Waals surface area contributed by atoms with E-state index in [-0.39, 0.29) is 12.6 Å². The first-order chi connectivity index (χ1) is 9.29. The molecule has 6 heteroatoms. The highest BCUT2D eigenvalue weighted by atomic mass is 16.5. The van der Waals surface area contributed by atoms with Gasteiger partial charge in [0.25, 0.3) is 0 Å². The second-order valence-electron chi connectivity index (χ2n) is 5.70. The quantitative estimate of drug-likeness (QED) is 0.637. The molecule has 0 spiro atoms. The Morgan fingerprint density at radius 3 is 2.30 bits per heavy atom. The highest BCUT2D eigenvalue weighted by molar-refractivity contribution is 5.80. The zero-order chi connectivity index (χ0) is 15.6. The summed E-state index contributed by atoms with van der Waals surface area (Å²) in [5, 5.41) is 11.6. The summed E-state index contributed by atoms with van der Waals surface area (Å²) in [5.74, 6) is -1.02. The molecule has 0 atom stereocenters. The van der Waals surface area contributed by atoms with Gasteiger partial charge < -0.3 is 20.1 Å². The number of unbranched alkanes of at least 4 members (excludes halogenated alkanes) is 1. The summed E-state index contributed by atoms with van der Waals surface area (Å²) in [6.45, 7) is 9.06. The highest BCUT2D eigenvalue weighted by Crippen LogP contribution is 2.12. The predicted octanol–water partition coefficient (Wildman–Crippen LogP) is 2.09. The van der Waals surface area contributed by atoms with Crippen molar-refractivity contribution >= 4 is 12.0 Å². The molecule has 0 rings (SSSR count). The fourth-order valence-electron chi connectivity index (χ4n) is 1.56. The average molecular weight is 288 g/mol. The zero-order valence-electron chi connectivity index (χ0n) is 13.1. The van der Waals surface area contributed by atoms with Gasteiger partial charge in [-0.3, -0.25) is 4.79 Å². The van der Waals surface area contributed by atoms with Crippen LogP contribution in [0.1, 0.15) is 47.0 Å². The van der Waals surface area contributed by atoms with Gasteiger partial charge in [0.05, 0.1) is 0 Å². The first kappa shape index (κ1) is 18.7. The van der Waals surface area contributed by atoms with Gasteiger partial charge in [0.2, 0.25) is 0 Å². The minimum absolute atomic E-state index is 0.303. The molecule has 0 aromatic carbocycles. The number of carbonyl (C=O) groups is 2. The summed E-state index contributed by atoms with van der Waals surface area (Å²) in [4.78, 5) is 24.1. The number of aliphatic carboxylic acids is 1. The van der Waals surface area contributed by atoms with Crippen LogP contribution < -0.4 is 5.32 Å². The lowest BCUT2D eigenvalue weighted by atomic mass is 10.1. The standard InChI is InChI=1S/C14H28N2O4/c1-5-6-9-20-10-7-8-15-13(19)16(11-12(17)18)14(2,3)4/h5-11H2,1-4H3,(H,15,19)(H,17,18). The maximum atomic E-state index is 12.0. The summed E-state index contributed by atoms with van der Waals surface area (Å²) in [6.07, 6.45) is 2.87. The molecule has 6 nitrogen and oxygen atoms in total. The number of nitrogens with zero attached hydrogens (tertiary/aromatic N) is 1. The van der Waals surface area contributed by atoms with Crippen LogP contribution in [-0.4, -0.2) is 53.8 Å². The van der Waals surface area contributed by atoms with Crippen molar-refractivity contribution in [3.8, 4) is 0 Å². The number of urea groups is 1. The Morgan fingerprint density at radius 2 is 1.80 bits per heavy atom. The zero-order valence-corrected chi connectivity index (χ0v) is 13.1. The molecule has 0 saturated heterocycles. The Balaban J connectivity index is 3.99. The molecule has 2 N–H and O–H groups in total. The van der Waals surface area contributed by atoms with E-state index in [1.807, 2.05) is 20.8 Å². The van der Waals surface area contributed by atoms with Crippen LogP contribution in [0.5, 0.6) is 0 Å². The summed E-state index contributed by atoms with van der Waals surface area (Å²) >= 11 is 0. The maximum absolute atomic E-state index is 12.0. The van der Waals surface area contributed by atoms with E-state index in [1.54, 1.807) is 0 Å². The van der Waals surface area contributed by atoms with E-state index >= 15 is 0 Å². The molecule has 0 aromatic rings. The van der Waals surface area contributed by atoms with E-state index in [1.165, 1.54) is 4.90 Å². The maximum Gasteiger partial charge on any atom is 0.323 e. The SMILES string of the molecule is CCCCOCCCNC(=O)N(CC(=O)O)C(C)(C)C. The van der Waals surface area contributed by atoms with Gasteiger partial charge in [-0.15, -0.1) is 0 Å². The topological polar surface area (TPSA) is 78.9 Å². The summed E-state index contributed by atoms with van der Waals surface area (Å²) in [5.41, 5.74) is -0.528. The third-order valence-electron chi connectivity index (χ3n) is 2.73. The van der Waals surface area contributed by atoms with E-state index in [4.69, 9.17) is 9.84 Å². The molecule has 0 aliphatic heterocycles. The van der Waals surface area contributed by atoms with Gasteiger partial charge in [0.15, 0.2) is 0 Å². The minimum atomic E-state index is -1.02. The second kappa shape index (κ2) is 9.58. The third kappa shape index (κ3) is 8.74. The number of nitrogens with one attached hydrogen (secondary N) is 1. The first-order valence-electron chi connectivity index (χ1n) is 7.14. The van der Waals surface area contributed by atoms with Crippen LogP contribution in [0.2, 0.25) is 0 Å². The molecule has 2 amide bonds. The number of hydrogen-bond donors (Lipinski definition) is 2. The molecular weight excluding hydrogens is 260 g/mol. The molecule has 0 radical (unpaired) electrons. The van der Waals surface area contributed by atoms with E-state index in [9.17, 15) is 9.59 Å². The lowest BCUT2D eigenvalue weighted by molar-refractivity contribution is -0.138. The molecule has 0 aliphatic rings. The minimum Gasteiger partial charge on any atom is -0.480 e. The Hall–Kier alpha value is -1.30. The monoisotopic (exact) mass is 288 g/mol. The number of rotatable bonds is 9. The smallest absolute Gasteiger partial charge is 0.323 e. The largest absolute Gasteiger partial charge is 0.480 e. The molecular formula is C14H28N2O4. The molecule has 20 heavy (non-hydrogen) atoms. The van der Waals surface area contributed by atoms with Gasteiger partial charge in [-0.1, -0.05) is 13.3 Å².